The molecular weight excluding hydrogens is 312 g/mol. The molecule has 0 N–H and O–H groups in total. The molecule has 0 amide bonds. The Morgan fingerprint density at radius 2 is 2.31 bits per heavy atom. The molecule has 1 rings (SSSR count). The number of halogens is 2. The van der Waals surface area contributed by atoms with Crippen LogP contribution in [0.15, 0.2) is 11.4 Å². The molecule has 0 spiro atoms. The van der Waals surface area contributed by atoms with Crippen molar-refractivity contribution in [2.24, 2.45) is 5.41 Å². The van der Waals surface area contributed by atoms with Crippen molar-refractivity contribution in [2.75, 3.05) is 5.88 Å². The molecule has 2 nitrogen and oxygen atoms in total. The van der Waals surface area contributed by atoms with Crippen molar-refractivity contribution in [3.63, 3.8) is 0 Å². The van der Waals surface area contributed by atoms with E-state index in [2.05, 4.69) is 15.9 Å². The first-order chi connectivity index (χ1) is 7.36. The molecule has 0 bridgehead atoms. The SMILES string of the molecule is Cc1csc(OC(Br)C(=O)C(C)(C)CCl)c1. The molecule has 1 unspecified atom stereocenters. The summed E-state index contributed by atoms with van der Waals surface area (Å²) in [5.41, 5.74) is 0.547. The molecule has 1 aromatic rings. The third-order valence-corrected chi connectivity index (χ3v) is 4.34. The van der Waals surface area contributed by atoms with E-state index >= 15 is 0 Å². The summed E-state index contributed by atoms with van der Waals surface area (Å²) in [5, 5.41) is 2.07. The van der Waals surface area contributed by atoms with Crippen LogP contribution in [0.25, 0.3) is 0 Å². The summed E-state index contributed by atoms with van der Waals surface area (Å²) in [6.07, 6.45) is 0. The predicted molar refractivity (Wildman–Crippen MR) is 71.9 cm³/mol. The molecule has 0 fully saturated rings. The Labute approximate surface area is 113 Å². The van der Waals surface area contributed by atoms with E-state index in [9.17, 15) is 4.79 Å². The van der Waals surface area contributed by atoms with Crippen LogP contribution in [0.5, 0.6) is 5.06 Å². The zero-order chi connectivity index (χ0) is 12.3. The fraction of sp³-hybridized carbons (Fsp3) is 0.545. The van der Waals surface area contributed by atoms with Gasteiger partial charge in [0.2, 0.25) is 5.01 Å². The first-order valence-corrected chi connectivity index (χ1v) is 7.16. The fourth-order valence-corrected chi connectivity index (χ4v) is 2.85. The maximum Gasteiger partial charge on any atom is 0.212 e. The lowest BCUT2D eigenvalue weighted by atomic mass is 9.91. The molecule has 0 radical (unpaired) electrons. The third-order valence-electron chi connectivity index (χ3n) is 2.13. The number of aryl methyl sites for hydroxylation is 1. The number of hydrogen-bond donors (Lipinski definition) is 0. The summed E-state index contributed by atoms with van der Waals surface area (Å²) >= 11 is 10.5. The first-order valence-electron chi connectivity index (χ1n) is 4.83. The molecule has 0 saturated carbocycles. The van der Waals surface area contributed by atoms with Gasteiger partial charge in [-0.15, -0.1) is 22.9 Å². The molecule has 0 aliphatic rings. The number of thiophene rings is 1. The molecule has 16 heavy (non-hydrogen) atoms. The van der Waals surface area contributed by atoms with Crippen molar-refractivity contribution < 1.29 is 9.53 Å². The lowest BCUT2D eigenvalue weighted by molar-refractivity contribution is -0.129. The maximum absolute atomic E-state index is 12.0. The lowest BCUT2D eigenvalue weighted by Gasteiger charge is -2.22. The van der Waals surface area contributed by atoms with Gasteiger partial charge in [0.1, 0.15) is 0 Å². The van der Waals surface area contributed by atoms with Crippen LogP contribution in [0.2, 0.25) is 0 Å². The van der Waals surface area contributed by atoms with Gasteiger partial charge in [-0.25, -0.2) is 0 Å². The Morgan fingerprint density at radius 1 is 1.69 bits per heavy atom. The molecule has 0 aromatic carbocycles. The Balaban J connectivity index is 2.65. The molecule has 1 heterocycles. The molecule has 0 aliphatic carbocycles. The van der Waals surface area contributed by atoms with E-state index in [-0.39, 0.29) is 11.7 Å². The van der Waals surface area contributed by atoms with Gasteiger partial charge in [-0.1, -0.05) is 13.8 Å². The third kappa shape index (κ3) is 3.47. The van der Waals surface area contributed by atoms with E-state index in [0.29, 0.717) is 0 Å². The normalized spacial score (nSPS) is 13.6. The molecule has 0 saturated heterocycles. The van der Waals surface area contributed by atoms with Crippen LogP contribution in [0.4, 0.5) is 0 Å². The minimum Gasteiger partial charge on any atom is -0.462 e. The standard InChI is InChI=1S/C11H14BrClO2S/c1-7-4-8(16-5-7)15-10(12)9(14)11(2,3)6-13/h4-5,10H,6H2,1-3H3. The quantitative estimate of drug-likeness (QED) is 0.765. The van der Waals surface area contributed by atoms with Gasteiger partial charge < -0.3 is 4.74 Å². The molecular formula is C11H14BrClO2S. The Kier molecular flexibility index (Phi) is 4.83. The number of ketones is 1. The molecule has 0 aliphatic heterocycles. The number of rotatable bonds is 5. The minimum absolute atomic E-state index is 0.0476. The summed E-state index contributed by atoms with van der Waals surface area (Å²) in [5.74, 6) is 0.231. The molecule has 1 atom stereocenters. The van der Waals surface area contributed by atoms with Gasteiger partial charge in [0.05, 0.1) is 0 Å². The van der Waals surface area contributed by atoms with E-state index < -0.39 is 10.4 Å². The second-order valence-corrected chi connectivity index (χ2v) is 6.23. The van der Waals surface area contributed by atoms with Crippen LogP contribution in [-0.2, 0) is 4.79 Å². The Hall–Kier alpha value is -0.0600. The molecule has 90 valence electrons. The highest BCUT2D eigenvalue weighted by atomic mass is 79.9. The van der Waals surface area contributed by atoms with Crippen molar-refractivity contribution in [2.45, 2.75) is 25.8 Å². The van der Waals surface area contributed by atoms with Gasteiger partial charge in [-0.2, -0.15) is 0 Å². The number of ether oxygens (including phenoxy) is 1. The Morgan fingerprint density at radius 3 is 2.75 bits per heavy atom. The summed E-state index contributed by atoms with van der Waals surface area (Å²) < 4.78 is 5.51. The highest BCUT2D eigenvalue weighted by molar-refractivity contribution is 9.09. The minimum atomic E-state index is -0.640. The van der Waals surface area contributed by atoms with Crippen LogP contribution in [0.1, 0.15) is 19.4 Å². The van der Waals surface area contributed by atoms with E-state index in [4.69, 9.17) is 16.3 Å². The van der Waals surface area contributed by atoms with Crippen molar-refractivity contribution in [3.8, 4) is 5.06 Å². The van der Waals surface area contributed by atoms with Crippen LogP contribution in [-0.4, -0.2) is 16.7 Å². The van der Waals surface area contributed by atoms with E-state index in [1.807, 2.05) is 18.4 Å². The molecule has 1 aromatic heterocycles. The number of hydrogen-bond acceptors (Lipinski definition) is 3. The van der Waals surface area contributed by atoms with Crippen molar-refractivity contribution in [1.29, 1.82) is 0 Å². The topological polar surface area (TPSA) is 26.3 Å². The van der Waals surface area contributed by atoms with Crippen LogP contribution < -0.4 is 4.74 Å². The second-order valence-electron chi connectivity index (χ2n) is 4.26. The van der Waals surface area contributed by atoms with Crippen LogP contribution in [0, 0.1) is 12.3 Å². The van der Waals surface area contributed by atoms with Gasteiger partial charge in [0, 0.05) is 11.3 Å². The first kappa shape index (κ1) is 14.0. The van der Waals surface area contributed by atoms with Crippen LogP contribution >= 0.6 is 38.9 Å². The summed E-state index contributed by atoms with van der Waals surface area (Å²) in [6.45, 7) is 5.59. The average molecular weight is 326 g/mol. The van der Waals surface area contributed by atoms with Gasteiger partial charge in [0.25, 0.3) is 0 Å². The van der Waals surface area contributed by atoms with Crippen LogP contribution in [0.3, 0.4) is 0 Å². The maximum atomic E-state index is 12.0. The van der Waals surface area contributed by atoms with Crippen molar-refractivity contribution in [3.05, 3.63) is 17.0 Å². The monoisotopic (exact) mass is 324 g/mol. The highest BCUT2D eigenvalue weighted by Gasteiger charge is 2.33. The zero-order valence-corrected chi connectivity index (χ0v) is 12.6. The number of carbonyl (C=O) groups excluding carboxylic acids is 1. The average Bonchev–Trinajstić information content (AvgIpc) is 2.62. The van der Waals surface area contributed by atoms with E-state index in [1.165, 1.54) is 11.3 Å². The summed E-state index contributed by atoms with van der Waals surface area (Å²) in [7, 11) is 0. The zero-order valence-electron chi connectivity index (χ0n) is 9.42. The van der Waals surface area contributed by atoms with Gasteiger partial charge in [0.15, 0.2) is 10.8 Å². The van der Waals surface area contributed by atoms with Gasteiger partial charge >= 0.3 is 0 Å². The number of Topliss-reactive ketones (excluding diaryl/α,β-unsaturated/α-hetero) is 1. The largest absolute Gasteiger partial charge is 0.462 e. The Bertz CT molecular complexity index is 376. The predicted octanol–water partition coefficient (Wildman–Crippen LogP) is 3.99. The van der Waals surface area contributed by atoms with Gasteiger partial charge in [-0.05, 0) is 39.9 Å². The second kappa shape index (κ2) is 5.52. The van der Waals surface area contributed by atoms with Crippen molar-refractivity contribution in [1.82, 2.24) is 0 Å². The number of alkyl halides is 2. The van der Waals surface area contributed by atoms with Gasteiger partial charge in [-0.3, -0.25) is 4.79 Å². The van der Waals surface area contributed by atoms with Crippen molar-refractivity contribution >= 4 is 44.7 Å². The van der Waals surface area contributed by atoms with E-state index in [0.717, 1.165) is 10.6 Å². The van der Waals surface area contributed by atoms with E-state index in [1.54, 1.807) is 13.8 Å². The smallest absolute Gasteiger partial charge is 0.212 e. The highest BCUT2D eigenvalue weighted by Crippen LogP contribution is 2.29. The summed E-state index contributed by atoms with van der Waals surface area (Å²) in [6, 6.07) is 1.90. The summed E-state index contributed by atoms with van der Waals surface area (Å²) in [4.78, 5) is 12.0. The number of carbonyl (C=O) groups is 1. The fourth-order valence-electron chi connectivity index (χ4n) is 0.995. The molecule has 5 heteroatoms. The lowest BCUT2D eigenvalue weighted by Crippen LogP contribution is -2.35.